The summed E-state index contributed by atoms with van der Waals surface area (Å²) in [5.41, 5.74) is 5.33. The van der Waals surface area contributed by atoms with Gasteiger partial charge < -0.3 is 11.1 Å². The monoisotopic (exact) mass is 333 g/mol. The zero-order valence-electron chi connectivity index (χ0n) is 12.5. The molecule has 8 heteroatoms. The maximum atomic E-state index is 12.4. The molecule has 0 saturated heterocycles. The third-order valence-corrected chi connectivity index (χ3v) is 4.64. The van der Waals surface area contributed by atoms with E-state index in [1.54, 1.807) is 0 Å². The first kappa shape index (κ1) is 17.7. The fourth-order valence-electron chi connectivity index (χ4n) is 1.64. The summed E-state index contributed by atoms with van der Waals surface area (Å²) in [6.45, 7) is 5.14. The van der Waals surface area contributed by atoms with Crippen LogP contribution >= 0.6 is 11.6 Å². The number of likely N-dealkylation sites (N-methyl/N-ethyl adjacent to an activating group) is 1. The lowest BCUT2D eigenvalue weighted by molar-refractivity contribution is -0.122. The predicted molar refractivity (Wildman–Crippen MR) is 83.6 cm³/mol. The summed E-state index contributed by atoms with van der Waals surface area (Å²) in [6.07, 6.45) is 0. The molecule has 21 heavy (non-hydrogen) atoms. The van der Waals surface area contributed by atoms with Gasteiger partial charge in [0.25, 0.3) is 0 Å². The largest absolute Gasteiger partial charge is 0.398 e. The van der Waals surface area contributed by atoms with Crippen molar-refractivity contribution in [1.82, 2.24) is 9.62 Å². The standard InChI is InChI=1S/C13H20ClN3O3S/c1-13(2,3)16-12(18)8-17(4)21(19,20)11-7-9(14)5-6-10(11)15/h5-7H,8,15H2,1-4H3,(H,16,18). The zero-order chi connectivity index (χ0) is 16.4. The average molecular weight is 334 g/mol. The number of carbonyl (C=O) groups is 1. The number of nitrogen functional groups attached to an aromatic ring is 1. The van der Waals surface area contributed by atoms with Crippen molar-refractivity contribution < 1.29 is 13.2 Å². The molecule has 0 aliphatic rings. The van der Waals surface area contributed by atoms with Gasteiger partial charge in [0.1, 0.15) is 4.90 Å². The third kappa shape index (κ3) is 4.87. The van der Waals surface area contributed by atoms with E-state index >= 15 is 0 Å². The molecule has 1 amide bonds. The number of nitrogens with zero attached hydrogens (tertiary/aromatic N) is 1. The van der Waals surface area contributed by atoms with Gasteiger partial charge in [-0.3, -0.25) is 4.79 Å². The normalized spacial score (nSPS) is 12.5. The molecule has 0 aliphatic carbocycles. The zero-order valence-corrected chi connectivity index (χ0v) is 14.0. The van der Waals surface area contributed by atoms with E-state index in [4.69, 9.17) is 17.3 Å². The molecule has 0 aliphatic heterocycles. The lowest BCUT2D eigenvalue weighted by Crippen LogP contribution is -2.46. The van der Waals surface area contributed by atoms with Crippen LogP contribution in [0.4, 0.5) is 5.69 Å². The topological polar surface area (TPSA) is 92.5 Å². The molecular weight excluding hydrogens is 314 g/mol. The number of nitrogens with one attached hydrogen (secondary N) is 1. The number of hydrogen-bond acceptors (Lipinski definition) is 4. The highest BCUT2D eigenvalue weighted by Crippen LogP contribution is 2.25. The van der Waals surface area contributed by atoms with E-state index in [1.165, 1.54) is 25.2 Å². The molecule has 0 saturated carbocycles. The van der Waals surface area contributed by atoms with Crippen LogP contribution in [-0.2, 0) is 14.8 Å². The molecule has 0 unspecified atom stereocenters. The molecule has 118 valence electrons. The van der Waals surface area contributed by atoms with Crippen molar-refractivity contribution >= 4 is 33.2 Å². The summed E-state index contributed by atoms with van der Waals surface area (Å²) in [4.78, 5) is 11.7. The number of hydrogen-bond donors (Lipinski definition) is 2. The van der Waals surface area contributed by atoms with Crippen LogP contribution in [0.15, 0.2) is 23.1 Å². The number of amides is 1. The Kier molecular flexibility index (Phi) is 5.25. The highest BCUT2D eigenvalue weighted by molar-refractivity contribution is 7.89. The molecule has 1 aromatic rings. The Balaban J connectivity index is 2.97. The van der Waals surface area contributed by atoms with Crippen LogP contribution in [0.25, 0.3) is 0 Å². The van der Waals surface area contributed by atoms with E-state index in [0.717, 1.165) is 4.31 Å². The van der Waals surface area contributed by atoms with E-state index in [2.05, 4.69) is 5.32 Å². The number of sulfonamides is 1. The number of halogens is 1. The Labute approximate surface area is 130 Å². The second-order valence-corrected chi connectivity index (χ2v) is 8.19. The molecular formula is C13H20ClN3O3S. The van der Waals surface area contributed by atoms with Gasteiger partial charge in [0.15, 0.2) is 0 Å². The summed E-state index contributed by atoms with van der Waals surface area (Å²) in [5, 5.41) is 2.96. The van der Waals surface area contributed by atoms with E-state index in [-0.39, 0.29) is 22.2 Å². The minimum absolute atomic E-state index is 0.0856. The lowest BCUT2D eigenvalue weighted by Gasteiger charge is -2.23. The lowest BCUT2D eigenvalue weighted by atomic mass is 10.1. The van der Waals surface area contributed by atoms with Gasteiger partial charge in [-0.15, -0.1) is 0 Å². The van der Waals surface area contributed by atoms with Gasteiger partial charge in [0.05, 0.1) is 12.2 Å². The molecule has 1 rings (SSSR count). The van der Waals surface area contributed by atoms with Crippen LogP contribution < -0.4 is 11.1 Å². The molecule has 3 N–H and O–H groups in total. The van der Waals surface area contributed by atoms with E-state index in [0.29, 0.717) is 0 Å². The van der Waals surface area contributed by atoms with Crippen molar-refractivity contribution in [2.45, 2.75) is 31.2 Å². The highest BCUT2D eigenvalue weighted by atomic mass is 35.5. The maximum Gasteiger partial charge on any atom is 0.245 e. The third-order valence-electron chi connectivity index (χ3n) is 2.54. The molecule has 0 aromatic heterocycles. The van der Waals surface area contributed by atoms with Crippen molar-refractivity contribution in [1.29, 1.82) is 0 Å². The van der Waals surface area contributed by atoms with Gasteiger partial charge in [0.2, 0.25) is 15.9 Å². The Morgan fingerprint density at radius 1 is 1.38 bits per heavy atom. The van der Waals surface area contributed by atoms with Crippen molar-refractivity contribution in [2.24, 2.45) is 0 Å². The summed E-state index contributed by atoms with van der Waals surface area (Å²) < 4.78 is 25.8. The number of benzene rings is 1. The van der Waals surface area contributed by atoms with Crippen LogP contribution in [0.3, 0.4) is 0 Å². The Hall–Kier alpha value is -1.31. The number of rotatable bonds is 4. The van der Waals surface area contributed by atoms with Crippen LogP contribution in [0.1, 0.15) is 20.8 Å². The van der Waals surface area contributed by atoms with Gasteiger partial charge in [-0.1, -0.05) is 11.6 Å². The summed E-state index contributed by atoms with van der Waals surface area (Å²) in [6, 6.07) is 4.19. The molecule has 0 spiro atoms. The second-order valence-electron chi connectivity index (χ2n) is 5.74. The van der Waals surface area contributed by atoms with Crippen molar-refractivity contribution in [3.8, 4) is 0 Å². The molecule has 0 heterocycles. The highest BCUT2D eigenvalue weighted by Gasteiger charge is 2.26. The number of nitrogens with two attached hydrogens (primary N) is 1. The predicted octanol–water partition coefficient (Wildman–Crippen LogP) is 1.46. The molecule has 0 bridgehead atoms. The minimum Gasteiger partial charge on any atom is -0.398 e. The van der Waals surface area contributed by atoms with Crippen LogP contribution in [0.2, 0.25) is 5.02 Å². The Morgan fingerprint density at radius 3 is 2.48 bits per heavy atom. The van der Waals surface area contributed by atoms with Crippen molar-refractivity contribution in [2.75, 3.05) is 19.3 Å². The SMILES string of the molecule is CN(CC(=O)NC(C)(C)C)S(=O)(=O)c1cc(Cl)ccc1N. The smallest absolute Gasteiger partial charge is 0.245 e. The van der Waals surface area contributed by atoms with Gasteiger partial charge in [-0.05, 0) is 39.0 Å². The van der Waals surface area contributed by atoms with E-state index < -0.39 is 21.5 Å². The quantitative estimate of drug-likeness (QED) is 0.816. The fraction of sp³-hybridized carbons (Fsp3) is 0.462. The number of anilines is 1. The molecule has 0 radical (unpaired) electrons. The first-order valence-electron chi connectivity index (χ1n) is 6.26. The van der Waals surface area contributed by atoms with Crippen LogP contribution in [0.5, 0.6) is 0 Å². The second kappa shape index (κ2) is 6.21. The summed E-state index contributed by atoms with van der Waals surface area (Å²) in [7, 11) is -2.56. The first-order chi connectivity index (χ1) is 9.43. The van der Waals surface area contributed by atoms with Gasteiger partial charge in [-0.25, -0.2) is 8.42 Å². The van der Waals surface area contributed by atoms with Crippen molar-refractivity contribution in [3.63, 3.8) is 0 Å². The van der Waals surface area contributed by atoms with Crippen LogP contribution in [-0.4, -0.2) is 37.8 Å². The van der Waals surface area contributed by atoms with Gasteiger partial charge in [-0.2, -0.15) is 4.31 Å². The van der Waals surface area contributed by atoms with Gasteiger partial charge in [0, 0.05) is 17.6 Å². The fourth-order valence-corrected chi connectivity index (χ4v) is 3.15. The Bertz CT molecular complexity index is 639. The summed E-state index contributed by atoms with van der Waals surface area (Å²) >= 11 is 5.80. The van der Waals surface area contributed by atoms with E-state index in [9.17, 15) is 13.2 Å². The Morgan fingerprint density at radius 2 is 1.95 bits per heavy atom. The van der Waals surface area contributed by atoms with Crippen molar-refractivity contribution in [3.05, 3.63) is 23.2 Å². The first-order valence-corrected chi connectivity index (χ1v) is 8.07. The molecule has 0 fully saturated rings. The maximum absolute atomic E-state index is 12.4. The van der Waals surface area contributed by atoms with E-state index in [1.807, 2.05) is 20.8 Å². The molecule has 1 aromatic carbocycles. The average Bonchev–Trinajstić information content (AvgIpc) is 2.29. The van der Waals surface area contributed by atoms with Crippen LogP contribution in [0, 0.1) is 0 Å². The molecule has 0 atom stereocenters. The molecule has 6 nitrogen and oxygen atoms in total. The summed E-state index contributed by atoms with van der Waals surface area (Å²) in [5.74, 6) is -0.394. The number of carbonyl (C=O) groups excluding carboxylic acids is 1. The van der Waals surface area contributed by atoms with Gasteiger partial charge >= 0.3 is 0 Å². The minimum atomic E-state index is -3.88.